The summed E-state index contributed by atoms with van der Waals surface area (Å²) in [7, 11) is 0. The van der Waals surface area contributed by atoms with E-state index in [4.69, 9.17) is 9.15 Å². The molecule has 3 rings (SSSR count). The van der Waals surface area contributed by atoms with Crippen LogP contribution >= 0.6 is 22.6 Å². The molecule has 8 nitrogen and oxygen atoms in total. The summed E-state index contributed by atoms with van der Waals surface area (Å²) in [5, 5.41) is 6.38. The number of halogens is 1. The Bertz CT molecular complexity index is 1060. The van der Waals surface area contributed by atoms with Crippen molar-refractivity contribution in [2.45, 2.75) is 0 Å². The molecule has 0 radical (unpaired) electrons. The maximum atomic E-state index is 12.1. The second kappa shape index (κ2) is 10.3. The van der Waals surface area contributed by atoms with Crippen LogP contribution in [-0.2, 0) is 4.79 Å². The van der Waals surface area contributed by atoms with Gasteiger partial charge in [-0.1, -0.05) is 12.1 Å². The lowest BCUT2D eigenvalue weighted by Crippen LogP contribution is -2.35. The lowest BCUT2D eigenvalue weighted by molar-refractivity contribution is -0.120. The zero-order chi connectivity index (χ0) is 21.3. The van der Waals surface area contributed by atoms with Crippen LogP contribution in [-0.4, -0.2) is 30.5 Å². The molecule has 1 aromatic heterocycles. The minimum Gasteiger partial charge on any atom is -0.457 e. The van der Waals surface area contributed by atoms with Gasteiger partial charge in [0, 0.05) is 3.57 Å². The first kappa shape index (κ1) is 21.2. The third kappa shape index (κ3) is 6.01. The van der Waals surface area contributed by atoms with E-state index in [1.807, 2.05) is 12.1 Å². The van der Waals surface area contributed by atoms with Gasteiger partial charge in [0.25, 0.3) is 11.8 Å². The smallest absolute Gasteiger partial charge is 0.379 e. The number of hydrogen-bond acceptors (Lipinski definition) is 6. The van der Waals surface area contributed by atoms with E-state index >= 15 is 0 Å². The highest BCUT2D eigenvalue weighted by Crippen LogP contribution is 2.14. The van der Waals surface area contributed by atoms with Crippen LogP contribution in [0.1, 0.15) is 26.5 Å². The highest BCUT2D eigenvalue weighted by Gasteiger charge is 2.11. The van der Waals surface area contributed by atoms with Gasteiger partial charge in [0.1, 0.15) is 5.75 Å². The maximum absolute atomic E-state index is 12.1. The molecule has 2 aromatic carbocycles. The van der Waals surface area contributed by atoms with Gasteiger partial charge in [-0.25, -0.2) is 10.2 Å². The van der Waals surface area contributed by atoms with E-state index in [9.17, 15) is 14.4 Å². The highest BCUT2D eigenvalue weighted by atomic mass is 127. The Kier molecular flexibility index (Phi) is 7.33. The predicted molar refractivity (Wildman–Crippen MR) is 117 cm³/mol. The third-order valence-electron chi connectivity index (χ3n) is 3.74. The van der Waals surface area contributed by atoms with Crippen LogP contribution in [0, 0.1) is 3.57 Å². The average molecular weight is 517 g/mol. The molecule has 2 amide bonds. The van der Waals surface area contributed by atoms with Crippen LogP contribution in [0.25, 0.3) is 0 Å². The van der Waals surface area contributed by atoms with Crippen LogP contribution in [0.15, 0.2) is 76.4 Å². The number of benzene rings is 2. The molecule has 152 valence electrons. The Labute approximate surface area is 185 Å². The van der Waals surface area contributed by atoms with Gasteiger partial charge in [-0.05, 0) is 76.7 Å². The molecule has 0 fully saturated rings. The molecule has 0 saturated heterocycles. The molecule has 30 heavy (non-hydrogen) atoms. The number of amides is 2. The van der Waals surface area contributed by atoms with Crippen molar-refractivity contribution >= 4 is 46.6 Å². The van der Waals surface area contributed by atoms with Crippen molar-refractivity contribution < 1.29 is 23.5 Å². The number of hydrazone groups is 1. The number of esters is 1. The van der Waals surface area contributed by atoms with Crippen molar-refractivity contribution in [1.82, 2.24) is 10.7 Å². The van der Waals surface area contributed by atoms with E-state index in [1.54, 1.807) is 42.5 Å². The van der Waals surface area contributed by atoms with Crippen molar-refractivity contribution in [2.75, 3.05) is 6.54 Å². The highest BCUT2D eigenvalue weighted by molar-refractivity contribution is 14.1. The fraction of sp³-hybridized carbons (Fsp3) is 0.0476. The van der Waals surface area contributed by atoms with E-state index in [0.717, 1.165) is 3.57 Å². The molecule has 0 aliphatic rings. The Balaban J connectivity index is 1.44. The van der Waals surface area contributed by atoms with E-state index in [-0.39, 0.29) is 18.2 Å². The number of nitrogens with one attached hydrogen (secondary N) is 2. The van der Waals surface area contributed by atoms with E-state index < -0.39 is 11.9 Å². The van der Waals surface area contributed by atoms with Crippen LogP contribution in [0.5, 0.6) is 5.75 Å². The van der Waals surface area contributed by atoms with Gasteiger partial charge in [-0.15, -0.1) is 0 Å². The summed E-state index contributed by atoms with van der Waals surface area (Å²) in [6.45, 7) is -0.206. The standard InChI is InChI=1S/C21H16IN3O5/c22-17-5-2-1-4-16(17)20(27)23-13-19(26)25-24-12-14-7-9-15(10-8-14)30-21(28)18-6-3-11-29-18/h1-12H,13H2,(H,23,27)(H,25,26)/b24-12-. The van der Waals surface area contributed by atoms with Gasteiger partial charge >= 0.3 is 5.97 Å². The average Bonchev–Trinajstić information content (AvgIpc) is 3.29. The van der Waals surface area contributed by atoms with Crippen LogP contribution in [0.2, 0.25) is 0 Å². The molecule has 0 unspecified atom stereocenters. The summed E-state index contributed by atoms with van der Waals surface area (Å²) in [6.07, 6.45) is 2.82. The fourth-order valence-corrected chi connectivity index (χ4v) is 2.93. The lowest BCUT2D eigenvalue weighted by Gasteiger charge is -2.05. The minimum absolute atomic E-state index is 0.109. The molecule has 0 atom stereocenters. The molecule has 0 aliphatic heterocycles. The number of rotatable bonds is 7. The van der Waals surface area contributed by atoms with Gasteiger partial charge in [-0.2, -0.15) is 5.10 Å². The van der Waals surface area contributed by atoms with Crippen molar-refractivity contribution in [3.8, 4) is 5.75 Å². The van der Waals surface area contributed by atoms with E-state index in [1.165, 1.54) is 18.5 Å². The number of furan rings is 1. The zero-order valence-corrected chi connectivity index (χ0v) is 17.7. The summed E-state index contributed by atoms with van der Waals surface area (Å²) >= 11 is 2.06. The number of hydrogen-bond donors (Lipinski definition) is 2. The molecule has 0 saturated carbocycles. The largest absolute Gasteiger partial charge is 0.457 e. The molecule has 0 bridgehead atoms. The second-order valence-electron chi connectivity index (χ2n) is 5.89. The summed E-state index contributed by atoms with van der Waals surface area (Å²) < 4.78 is 10.9. The zero-order valence-electron chi connectivity index (χ0n) is 15.5. The first-order valence-corrected chi connectivity index (χ1v) is 9.81. The summed E-state index contributed by atoms with van der Waals surface area (Å²) in [5.41, 5.74) is 3.51. The first-order chi connectivity index (χ1) is 14.5. The van der Waals surface area contributed by atoms with Crippen LogP contribution in [0.3, 0.4) is 0 Å². The number of ether oxygens (including phenoxy) is 1. The fourth-order valence-electron chi connectivity index (χ4n) is 2.29. The molecular weight excluding hydrogens is 501 g/mol. The molecule has 3 aromatic rings. The number of carbonyl (C=O) groups excluding carboxylic acids is 3. The van der Waals surface area contributed by atoms with Gasteiger partial charge in [0.15, 0.2) is 0 Å². The summed E-state index contributed by atoms with van der Waals surface area (Å²) in [4.78, 5) is 35.7. The Morgan fingerprint density at radius 2 is 1.80 bits per heavy atom. The molecule has 1 heterocycles. The van der Waals surface area contributed by atoms with Crippen LogP contribution in [0.4, 0.5) is 0 Å². The van der Waals surface area contributed by atoms with Crippen molar-refractivity contribution in [3.63, 3.8) is 0 Å². The number of nitrogens with zero attached hydrogens (tertiary/aromatic N) is 1. The molecule has 0 aliphatic carbocycles. The van der Waals surface area contributed by atoms with Crippen molar-refractivity contribution in [3.05, 3.63) is 87.4 Å². The van der Waals surface area contributed by atoms with Crippen molar-refractivity contribution in [2.24, 2.45) is 5.10 Å². The minimum atomic E-state index is -0.596. The molecule has 0 spiro atoms. The van der Waals surface area contributed by atoms with Gasteiger partial charge in [0.05, 0.1) is 24.6 Å². The van der Waals surface area contributed by atoms with Gasteiger partial charge < -0.3 is 14.5 Å². The lowest BCUT2D eigenvalue weighted by atomic mass is 10.2. The predicted octanol–water partition coefficient (Wildman–Crippen LogP) is 2.98. The van der Waals surface area contributed by atoms with Crippen molar-refractivity contribution in [1.29, 1.82) is 0 Å². The monoisotopic (exact) mass is 517 g/mol. The van der Waals surface area contributed by atoms with E-state index in [2.05, 4.69) is 38.4 Å². The quantitative estimate of drug-likeness (QED) is 0.165. The summed E-state index contributed by atoms with van der Waals surface area (Å²) in [5.74, 6) is -0.942. The Morgan fingerprint density at radius 3 is 2.50 bits per heavy atom. The SMILES string of the molecule is O=C(CNC(=O)c1ccccc1I)N/N=C\c1ccc(OC(=O)c2ccco2)cc1. The second-order valence-corrected chi connectivity index (χ2v) is 7.05. The molecule has 2 N–H and O–H groups in total. The topological polar surface area (TPSA) is 110 Å². The maximum Gasteiger partial charge on any atom is 0.379 e. The third-order valence-corrected chi connectivity index (χ3v) is 4.68. The molecule has 9 heteroatoms. The Morgan fingerprint density at radius 1 is 1.03 bits per heavy atom. The summed E-state index contributed by atoms with van der Waals surface area (Å²) in [6, 6.07) is 16.7. The van der Waals surface area contributed by atoms with Gasteiger partial charge in [0.2, 0.25) is 5.76 Å². The molecular formula is C21H16IN3O5. The van der Waals surface area contributed by atoms with Crippen LogP contribution < -0.4 is 15.5 Å². The van der Waals surface area contributed by atoms with E-state index in [0.29, 0.717) is 16.9 Å². The first-order valence-electron chi connectivity index (χ1n) is 8.73. The van der Waals surface area contributed by atoms with Gasteiger partial charge in [-0.3, -0.25) is 9.59 Å². The Hall–Kier alpha value is -3.47. The number of carbonyl (C=O) groups is 3. The normalized spacial score (nSPS) is 10.6.